The second kappa shape index (κ2) is 19.5. The number of hydrogen-bond acceptors (Lipinski definition) is 12. The number of hydrogen-bond donors (Lipinski definition) is 1. The van der Waals surface area contributed by atoms with Crippen molar-refractivity contribution >= 4 is 95.1 Å². The number of rotatable bonds is 8. The first-order chi connectivity index (χ1) is 41.0. The Morgan fingerprint density at radius 3 is 1.44 bits per heavy atom. The molecule has 3 aliphatic carbocycles. The maximum absolute atomic E-state index is 9.70. The van der Waals surface area contributed by atoms with Crippen LogP contribution in [0.1, 0.15) is 77.2 Å². The summed E-state index contributed by atoms with van der Waals surface area (Å²) in [5.74, 6) is 0. The molecular formula is C72H44N8S4. The fourth-order valence-corrected chi connectivity index (χ4v) is 17.3. The van der Waals surface area contributed by atoms with Crippen molar-refractivity contribution in [2.24, 2.45) is 4.40 Å². The minimum absolute atomic E-state index is 0.0101. The minimum Gasteiger partial charge on any atom is -0.231 e. The molecule has 1 N–H and O–H groups in total. The molecule has 8 aromatic carbocycles. The highest BCUT2D eigenvalue weighted by Crippen LogP contribution is 2.65. The summed E-state index contributed by atoms with van der Waals surface area (Å²) >= 11 is 6.00. The molecule has 0 saturated heterocycles. The van der Waals surface area contributed by atoms with Crippen molar-refractivity contribution in [3.8, 4) is 57.0 Å². The van der Waals surface area contributed by atoms with E-state index in [0.29, 0.717) is 11.1 Å². The Bertz CT molecular complexity index is 4910. The maximum Gasteiger partial charge on any atom is 0.130 e. The summed E-state index contributed by atoms with van der Waals surface area (Å²) in [6, 6.07) is 67.5. The smallest absolute Gasteiger partial charge is 0.130 e. The van der Waals surface area contributed by atoms with E-state index in [2.05, 4.69) is 190 Å². The quantitative estimate of drug-likeness (QED) is 0.117. The first-order valence-corrected chi connectivity index (χ1v) is 30.5. The SMILES string of the molecule is Cc1ccc(C2(c3ccc(C)cc3)c3cc4c(cc3-c3ccc5cc(C6=CC=C(C=C(C#N)C#N)C7NSN=C67)sc5c32)C(c2ccc(C)cc2)(c2ccc(C)cc2)c2c-4ccc3cc(-c4ccc(C=C(C#N)C#N)c5nsnc45)sc23)cc1. The molecule has 0 saturated carbocycles. The fraction of sp³-hybridized carbons (Fsp3) is 0.0972. The predicted octanol–water partition coefficient (Wildman–Crippen LogP) is 17.5. The number of fused-ring (bicyclic) bond motifs is 12. The molecular weight excluding hydrogens is 1110 g/mol. The second-order valence-electron chi connectivity index (χ2n) is 22.0. The zero-order valence-corrected chi connectivity index (χ0v) is 48.9. The summed E-state index contributed by atoms with van der Waals surface area (Å²) in [6.07, 6.45) is 7.35. The summed E-state index contributed by atoms with van der Waals surface area (Å²) in [5, 5.41) is 41.0. The molecule has 1 unspecified atom stereocenters. The highest BCUT2D eigenvalue weighted by atomic mass is 32.2. The van der Waals surface area contributed by atoms with Gasteiger partial charge in [0.05, 0.1) is 46.4 Å². The Morgan fingerprint density at radius 2 is 0.940 bits per heavy atom. The van der Waals surface area contributed by atoms with Crippen LogP contribution in [-0.2, 0) is 10.8 Å². The van der Waals surface area contributed by atoms with Crippen LogP contribution in [0.25, 0.3) is 75.5 Å². The molecule has 8 nitrogen and oxygen atoms in total. The van der Waals surface area contributed by atoms with E-state index in [4.69, 9.17) is 13.1 Å². The standard InChI is InChI=1S/C72H44N8S4/c1-39-5-17-49(18-6-39)71(50-19-7-40(2)8-20-50)59-33-58-54-26-16-48-32-62(56-28-14-46(30-44(37-75)38-76)66-68(56)80-84-78-66)82-70(48)64(54)72(51-21-9-41(3)10-22-51,52-23-11-42(4)12-24-52)60(58)34-57(59)53-25-15-47-31-61(81-69(47)63(53)71)55-27-13-45(29-43(35-73)36-74)65-67(55)79-83-77-65/h5-34,65,77H,1-4H3. The normalized spacial score (nSPS) is 15.5. The third-order valence-corrected chi connectivity index (χ3v) is 20.9. The summed E-state index contributed by atoms with van der Waals surface area (Å²) in [7, 11) is 0. The van der Waals surface area contributed by atoms with E-state index in [-0.39, 0.29) is 17.2 Å². The maximum atomic E-state index is 9.70. The lowest BCUT2D eigenvalue weighted by Gasteiger charge is -2.36. The van der Waals surface area contributed by atoms with E-state index in [9.17, 15) is 21.0 Å². The van der Waals surface area contributed by atoms with Gasteiger partial charge < -0.3 is 0 Å². The van der Waals surface area contributed by atoms with Gasteiger partial charge >= 0.3 is 0 Å². The summed E-state index contributed by atoms with van der Waals surface area (Å²) in [6.45, 7) is 8.63. The Kier molecular flexibility index (Phi) is 11.9. The van der Waals surface area contributed by atoms with Gasteiger partial charge in [0.2, 0.25) is 0 Å². The number of allylic oxidation sites excluding steroid dienone is 4. The van der Waals surface area contributed by atoms with E-state index in [1.165, 1.54) is 111 Å². The van der Waals surface area contributed by atoms with Crippen LogP contribution in [0.15, 0.2) is 197 Å². The van der Waals surface area contributed by atoms with Gasteiger partial charge in [0, 0.05) is 35.9 Å². The highest BCUT2D eigenvalue weighted by molar-refractivity contribution is 7.96. The molecule has 1 aliphatic heterocycles. The van der Waals surface area contributed by atoms with Gasteiger partial charge in [0.25, 0.3) is 0 Å². The Morgan fingerprint density at radius 1 is 0.488 bits per heavy atom. The average molecular weight is 1150 g/mol. The van der Waals surface area contributed by atoms with Gasteiger partial charge in [-0.3, -0.25) is 0 Å². The molecule has 84 heavy (non-hydrogen) atoms. The Hall–Kier alpha value is -9.60. The van der Waals surface area contributed by atoms with E-state index in [1.807, 2.05) is 36.4 Å². The molecule has 15 rings (SSSR count). The predicted molar refractivity (Wildman–Crippen MR) is 344 cm³/mol. The third kappa shape index (κ3) is 7.46. The molecule has 0 spiro atoms. The molecule has 4 aliphatic rings. The molecule has 0 fully saturated rings. The van der Waals surface area contributed by atoms with Crippen molar-refractivity contribution in [1.82, 2.24) is 13.5 Å². The molecule has 4 heterocycles. The fourth-order valence-electron chi connectivity index (χ4n) is 13.4. The van der Waals surface area contributed by atoms with Gasteiger partial charge in [-0.2, -0.15) is 29.8 Å². The van der Waals surface area contributed by atoms with Crippen molar-refractivity contribution in [3.05, 3.63) is 270 Å². The van der Waals surface area contributed by atoms with Crippen LogP contribution in [0.2, 0.25) is 0 Å². The first-order valence-electron chi connectivity index (χ1n) is 27.4. The summed E-state index contributed by atoms with van der Waals surface area (Å²) in [4.78, 5) is 2.14. The van der Waals surface area contributed by atoms with Crippen LogP contribution < -0.4 is 4.72 Å². The van der Waals surface area contributed by atoms with Crippen LogP contribution in [0, 0.1) is 73.0 Å². The largest absolute Gasteiger partial charge is 0.231 e. The van der Waals surface area contributed by atoms with E-state index in [0.717, 1.165) is 60.2 Å². The van der Waals surface area contributed by atoms with Gasteiger partial charge in [0.1, 0.15) is 46.5 Å². The average Bonchev–Trinajstić information content (AvgIpc) is 1.54. The topological polar surface area (TPSA) is 145 Å². The van der Waals surface area contributed by atoms with Crippen LogP contribution in [0.3, 0.4) is 0 Å². The van der Waals surface area contributed by atoms with E-state index in [1.54, 1.807) is 34.8 Å². The zero-order valence-electron chi connectivity index (χ0n) is 45.7. The van der Waals surface area contributed by atoms with Gasteiger partial charge in [-0.1, -0.05) is 168 Å². The Balaban J connectivity index is 1.03. The summed E-state index contributed by atoms with van der Waals surface area (Å²) < 4.78 is 20.3. The molecule has 11 aromatic rings. The third-order valence-electron chi connectivity index (χ3n) is 17.3. The van der Waals surface area contributed by atoms with Crippen LogP contribution in [0.4, 0.5) is 0 Å². The lowest BCUT2D eigenvalue weighted by atomic mass is 9.65. The lowest BCUT2D eigenvalue weighted by Crippen LogP contribution is -2.31. The number of benzene rings is 8. The van der Waals surface area contributed by atoms with Gasteiger partial charge in [-0.05, 0) is 147 Å². The molecule has 0 bridgehead atoms. The van der Waals surface area contributed by atoms with Gasteiger partial charge in [0.15, 0.2) is 0 Å². The molecule has 0 amide bonds. The van der Waals surface area contributed by atoms with E-state index < -0.39 is 10.8 Å². The van der Waals surface area contributed by atoms with Gasteiger partial charge in [-0.25, -0.2) is 9.12 Å². The van der Waals surface area contributed by atoms with Crippen molar-refractivity contribution in [2.45, 2.75) is 44.6 Å². The number of thiophene rings is 2. The minimum atomic E-state index is -0.778. The Labute approximate surface area is 501 Å². The molecule has 0 radical (unpaired) electrons. The highest BCUT2D eigenvalue weighted by Gasteiger charge is 2.53. The first kappa shape index (κ1) is 51.3. The lowest BCUT2D eigenvalue weighted by molar-refractivity contribution is 0.765. The van der Waals surface area contributed by atoms with Crippen LogP contribution in [-0.4, -0.2) is 20.5 Å². The van der Waals surface area contributed by atoms with E-state index >= 15 is 0 Å². The number of aryl methyl sites for hydroxylation is 4. The van der Waals surface area contributed by atoms with Crippen LogP contribution in [0.5, 0.6) is 0 Å². The molecule has 3 aromatic heterocycles. The van der Waals surface area contributed by atoms with Crippen molar-refractivity contribution in [1.29, 1.82) is 21.0 Å². The second-order valence-corrected chi connectivity index (χ2v) is 25.3. The summed E-state index contributed by atoms with van der Waals surface area (Å²) in [5.41, 5.74) is 23.4. The van der Waals surface area contributed by atoms with Crippen molar-refractivity contribution in [3.63, 3.8) is 0 Å². The molecule has 1 atom stereocenters. The number of aromatic nitrogens is 2. The number of nitrogens with one attached hydrogen (secondary N) is 1. The van der Waals surface area contributed by atoms with Crippen LogP contribution >= 0.6 is 46.5 Å². The molecule has 396 valence electrons. The van der Waals surface area contributed by atoms with Gasteiger partial charge in [-0.15, -0.1) is 22.7 Å². The molecule has 12 heteroatoms. The monoisotopic (exact) mass is 1150 g/mol. The number of nitriles is 4. The van der Waals surface area contributed by atoms with Crippen molar-refractivity contribution in [2.75, 3.05) is 0 Å². The van der Waals surface area contributed by atoms with Crippen molar-refractivity contribution < 1.29 is 0 Å². The zero-order chi connectivity index (χ0) is 57.2. The number of nitrogens with zero attached hydrogens (tertiary/aromatic N) is 7.